The molecule has 0 fully saturated rings. The molecule has 0 spiro atoms. The first kappa shape index (κ1) is 23.1. The van der Waals surface area contributed by atoms with Crippen molar-refractivity contribution in [3.8, 4) is 5.75 Å². The molecule has 0 aliphatic heterocycles. The number of hydrogen-bond donors (Lipinski definition) is 2. The molecule has 0 bridgehead atoms. The van der Waals surface area contributed by atoms with Crippen molar-refractivity contribution in [1.82, 2.24) is 4.31 Å². The summed E-state index contributed by atoms with van der Waals surface area (Å²) in [6.45, 7) is 3.46. The number of sulfonamides is 1. The number of aryl methyl sites for hydroxylation is 1. The van der Waals surface area contributed by atoms with Gasteiger partial charge in [0.15, 0.2) is 0 Å². The number of benzene rings is 2. The smallest absolute Gasteiger partial charge is 0.273 e. The van der Waals surface area contributed by atoms with E-state index < -0.39 is 20.9 Å². The van der Waals surface area contributed by atoms with E-state index in [4.69, 9.17) is 4.74 Å². The first-order chi connectivity index (χ1) is 14.0. The number of amides is 1. The van der Waals surface area contributed by atoms with Crippen LogP contribution in [0.15, 0.2) is 35.2 Å². The Morgan fingerprint density at radius 1 is 1.17 bits per heavy atom. The van der Waals surface area contributed by atoms with Crippen molar-refractivity contribution in [2.24, 2.45) is 0 Å². The van der Waals surface area contributed by atoms with Gasteiger partial charge in [-0.15, -0.1) is 0 Å². The Hall–Kier alpha value is -3.18. The second-order valence-electron chi connectivity index (χ2n) is 6.74. The number of nitro benzene ring substituents is 1. The minimum atomic E-state index is -3.62. The second-order valence-corrected chi connectivity index (χ2v) is 8.90. The lowest BCUT2D eigenvalue weighted by Crippen LogP contribution is -2.24. The normalized spacial score (nSPS) is 11.3. The molecule has 2 N–H and O–H groups in total. The van der Waals surface area contributed by atoms with Crippen molar-refractivity contribution >= 4 is 33.0 Å². The number of methoxy groups -OCH3 is 1. The van der Waals surface area contributed by atoms with Crippen LogP contribution in [-0.4, -0.2) is 51.3 Å². The lowest BCUT2D eigenvalue weighted by Gasteiger charge is -2.17. The van der Waals surface area contributed by atoms with Crippen LogP contribution in [-0.2, 0) is 14.8 Å². The first-order valence-electron chi connectivity index (χ1n) is 8.87. The van der Waals surface area contributed by atoms with Gasteiger partial charge in [-0.05, 0) is 43.2 Å². The number of anilines is 2. The molecule has 2 aromatic carbocycles. The van der Waals surface area contributed by atoms with E-state index in [-0.39, 0.29) is 28.6 Å². The number of ether oxygens (including phenoxy) is 1. The molecule has 30 heavy (non-hydrogen) atoms. The Morgan fingerprint density at radius 3 is 2.40 bits per heavy atom. The fraction of sp³-hybridized carbons (Fsp3) is 0.316. The standard InChI is InChI=1S/C19H24N4O6S/c1-12-8-15(30(27,28)22(3)4)10-17(13(12)2)20-11-19(24)21-16-7-6-14(23(25)26)9-18(16)29-5/h6-10,20H,11H2,1-5H3,(H,21,24). The maximum Gasteiger partial charge on any atom is 0.273 e. The molecule has 0 radical (unpaired) electrons. The molecular weight excluding hydrogens is 412 g/mol. The summed E-state index contributed by atoms with van der Waals surface area (Å²) in [5.41, 5.74) is 2.22. The molecule has 0 aromatic heterocycles. The van der Waals surface area contributed by atoms with Crippen LogP contribution in [0, 0.1) is 24.0 Å². The van der Waals surface area contributed by atoms with Crippen LogP contribution in [0.3, 0.4) is 0 Å². The Balaban J connectivity index is 2.19. The Labute approximate surface area is 175 Å². The van der Waals surface area contributed by atoms with Gasteiger partial charge in [0.2, 0.25) is 15.9 Å². The number of carbonyl (C=O) groups is 1. The van der Waals surface area contributed by atoms with Crippen molar-refractivity contribution in [2.45, 2.75) is 18.7 Å². The van der Waals surface area contributed by atoms with E-state index >= 15 is 0 Å². The molecule has 0 aliphatic carbocycles. The average molecular weight is 436 g/mol. The highest BCUT2D eigenvalue weighted by Gasteiger charge is 2.20. The zero-order valence-corrected chi connectivity index (χ0v) is 18.2. The van der Waals surface area contributed by atoms with Crippen molar-refractivity contribution in [3.63, 3.8) is 0 Å². The molecular formula is C19H24N4O6S. The van der Waals surface area contributed by atoms with Crippen LogP contribution in [0.2, 0.25) is 0 Å². The predicted octanol–water partition coefficient (Wildman–Crippen LogP) is 2.52. The van der Waals surface area contributed by atoms with Crippen LogP contribution < -0.4 is 15.4 Å². The van der Waals surface area contributed by atoms with E-state index in [1.54, 1.807) is 13.0 Å². The van der Waals surface area contributed by atoms with Gasteiger partial charge in [-0.25, -0.2) is 12.7 Å². The third-order valence-electron chi connectivity index (χ3n) is 4.53. The number of hydrogen-bond acceptors (Lipinski definition) is 7. The fourth-order valence-electron chi connectivity index (χ4n) is 2.64. The molecule has 0 saturated heterocycles. The van der Waals surface area contributed by atoms with Crippen LogP contribution in [0.1, 0.15) is 11.1 Å². The highest BCUT2D eigenvalue weighted by molar-refractivity contribution is 7.89. The highest BCUT2D eigenvalue weighted by atomic mass is 32.2. The minimum absolute atomic E-state index is 0.121. The van der Waals surface area contributed by atoms with Gasteiger partial charge in [0.05, 0.1) is 35.2 Å². The second kappa shape index (κ2) is 9.09. The van der Waals surface area contributed by atoms with Crippen molar-refractivity contribution in [2.75, 3.05) is 38.4 Å². The highest BCUT2D eigenvalue weighted by Crippen LogP contribution is 2.29. The third-order valence-corrected chi connectivity index (χ3v) is 6.32. The van der Waals surface area contributed by atoms with Crippen molar-refractivity contribution < 1.29 is 22.9 Å². The van der Waals surface area contributed by atoms with E-state index in [1.165, 1.54) is 45.5 Å². The summed E-state index contributed by atoms with van der Waals surface area (Å²) in [7, 11) is 0.613. The number of nitro groups is 1. The number of rotatable bonds is 8. The largest absolute Gasteiger partial charge is 0.494 e. The maximum absolute atomic E-state index is 12.4. The van der Waals surface area contributed by atoms with Crippen LogP contribution >= 0.6 is 0 Å². The summed E-state index contributed by atoms with van der Waals surface area (Å²) in [5, 5.41) is 16.4. The summed E-state index contributed by atoms with van der Waals surface area (Å²) in [6.07, 6.45) is 0. The predicted molar refractivity (Wildman–Crippen MR) is 114 cm³/mol. The van der Waals surface area contributed by atoms with Gasteiger partial charge in [0, 0.05) is 25.8 Å². The lowest BCUT2D eigenvalue weighted by molar-refractivity contribution is -0.384. The van der Waals surface area contributed by atoms with Crippen LogP contribution in [0.4, 0.5) is 17.1 Å². The Kier molecular flexibility index (Phi) is 7.00. The maximum atomic E-state index is 12.4. The molecule has 162 valence electrons. The van der Waals surface area contributed by atoms with E-state index in [9.17, 15) is 23.3 Å². The van der Waals surface area contributed by atoms with Crippen LogP contribution in [0.5, 0.6) is 5.75 Å². The van der Waals surface area contributed by atoms with Gasteiger partial charge in [-0.2, -0.15) is 0 Å². The van der Waals surface area contributed by atoms with Gasteiger partial charge < -0.3 is 15.4 Å². The van der Waals surface area contributed by atoms with Gasteiger partial charge in [0.25, 0.3) is 5.69 Å². The van der Waals surface area contributed by atoms with Gasteiger partial charge in [-0.1, -0.05) is 0 Å². The molecule has 2 aromatic rings. The van der Waals surface area contributed by atoms with E-state index in [0.717, 1.165) is 15.4 Å². The number of carbonyl (C=O) groups excluding carboxylic acids is 1. The molecule has 0 heterocycles. The van der Waals surface area contributed by atoms with Gasteiger partial charge >= 0.3 is 0 Å². The molecule has 0 atom stereocenters. The summed E-state index contributed by atoms with van der Waals surface area (Å²) in [6, 6.07) is 6.92. The molecule has 11 heteroatoms. The zero-order chi connectivity index (χ0) is 22.6. The summed E-state index contributed by atoms with van der Waals surface area (Å²) in [4.78, 5) is 22.8. The molecule has 1 amide bonds. The van der Waals surface area contributed by atoms with E-state index in [0.29, 0.717) is 5.69 Å². The first-order valence-corrected chi connectivity index (χ1v) is 10.3. The SMILES string of the molecule is COc1cc([N+](=O)[O-])ccc1NC(=O)CNc1cc(S(=O)(=O)N(C)C)cc(C)c1C. The topological polar surface area (TPSA) is 131 Å². The Morgan fingerprint density at radius 2 is 1.83 bits per heavy atom. The monoisotopic (exact) mass is 436 g/mol. The lowest BCUT2D eigenvalue weighted by atomic mass is 10.1. The summed E-state index contributed by atoms with van der Waals surface area (Å²) >= 11 is 0. The Bertz CT molecular complexity index is 1080. The van der Waals surface area contributed by atoms with Gasteiger partial charge in [-0.3, -0.25) is 14.9 Å². The summed E-state index contributed by atoms with van der Waals surface area (Å²) < 4.78 is 31.1. The molecule has 10 nitrogen and oxygen atoms in total. The molecule has 0 aliphatic rings. The number of nitrogens with zero attached hydrogens (tertiary/aromatic N) is 2. The minimum Gasteiger partial charge on any atom is -0.494 e. The average Bonchev–Trinajstić information content (AvgIpc) is 2.68. The number of non-ortho nitro benzene ring substituents is 1. The molecule has 0 saturated carbocycles. The quantitative estimate of drug-likeness (QED) is 0.480. The third kappa shape index (κ3) is 5.05. The fourth-order valence-corrected chi connectivity index (χ4v) is 3.65. The van der Waals surface area contributed by atoms with E-state index in [1.807, 2.05) is 6.92 Å². The van der Waals surface area contributed by atoms with E-state index in [2.05, 4.69) is 10.6 Å². The number of nitrogens with one attached hydrogen (secondary N) is 2. The van der Waals surface area contributed by atoms with Crippen molar-refractivity contribution in [3.05, 3.63) is 51.6 Å². The molecule has 2 rings (SSSR count). The van der Waals surface area contributed by atoms with Crippen molar-refractivity contribution in [1.29, 1.82) is 0 Å². The molecule has 0 unspecified atom stereocenters. The van der Waals surface area contributed by atoms with Gasteiger partial charge in [0.1, 0.15) is 5.75 Å². The zero-order valence-electron chi connectivity index (χ0n) is 17.3. The summed E-state index contributed by atoms with van der Waals surface area (Å²) in [5.74, 6) is -0.274. The van der Waals surface area contributed by atoms with Crippen LogP contribution in [0.25, 0.3) is 0 Å².